The highest BCUT2D eigenvalue weighted by atomic mass is 79.9. The van der Waals surface area contributed by atoms with E-state index in [9.17, 15) is 9.59 Å². The van der Waals surface area contributed by atoms with E-state index in [1.807, 2.05) is 24.5 Å². The molecule has 7 heteroatoms. The Morgan fingerprint density at radius 2 is 2.10 bits per heavy atom. The van der Waals surface area contributed by atoms with Crippen molar-refractivity contribution in [3.63, 3.8) is 0 Å². The molecular weight excluding hydrogens is 450 g/mol. The molecule has 1 aromatic carbocycles. The molecule has 162 valence electrons. The van der Waals surface area contributed by atoms with Crippen LogP contribution in [0, 0.1) is 5.92 Å². The summed E-state index contributed by atoms with van der Waals surface area (Å²) in [6.07, 6.45) is 7.32. The molecule has 29 heavy (non-hydrogen) atoms. The van der Waals surface area contributed by atoms with Gasteiger partial charge in [0.05, 0.1) is 5.56 Å². The summed E-state index contributed by atoms with van der Waals surface area (Å²) < 4.78 is 0.730. The number of rotatable bonds is 11. The molecule has 0 spiro atoms. The van der Waals surface area contributed by atoms with Crippen LogP contribution in [0.25, 0.3) is 0 Å². The molecule has 0 saturated carbocycles. The number of hydrogen-bond acceptors (Lipinski definition) is 4. The van der Waals surface area contributed by atoms with Gasteiger partial charge in [-0.3, -0.25) is 9.59 Å². The molecule has 1 aromatic rings. The van der Waals surface area contributed by atoms with Crippen LogP contribution >= 0.6 is 27.7 Å². The zero-order valence-electron chi connectivity index (χ0n) is 17.6. The highest BCUT2D eigenvalue weighted by molar-refractivity contribution is 9.10. The molecule has 2 amide bonds. The van der Waals surface area contributed by atoms with Gasteiger partial charge in [-0.15, -0.1) is 0 Å². The van der Waals surface area contributed by atoms with Gasteiger partial charge in [-0.1, -0.05) is 19.1 Å². The van der Waals surface area contributed by atoms with Crippen LogP contribution in [0.5, 0.6) is 0 Å². The molecule has 2 unspecified atom stereocenters. The number of halogens is 1. The number of benzene rings is 1. The Morgan fingerprint density at radius 3 is 2.83 bits per heavy atom. The number of nitrogens with zero attached hydrogens (tertiary/aromatic N) is 1. The normalized spacial score (nSPS) is 18.2. The second-order valence-electron chi connectivity index (χ2n) is 7.83. The molecular formula is C22H34BrN3O2S. The van der Waals surface area contributed by atoms with Crippen LogP contribution in [-0.2, 0) is 4.79 Å². The topological polar surface area (TPSA) is 61.4 Å². The number of thioether (sulfide) groups is 1. The minimum Gasteiger partial charge on any atom is -0.354 e. The van der Waals surface area contributed by atoms with Crippen molar-refractivity contribution in [3.8, 4) is 0 Å². The van der Waals surface area contributed by atoms with Crippen LogP contribution in [0.15, 0.2) is 28.7 Å². The predicted molar refractivity (Wildman–Crippen MR) is 125 cm³/mol. The number of unbranched alkanes of at least 4 members (excludes halogenated alkanes) is 1. The van der Waals surface area contributed by atoms with Crippen LogP contribution in [0.2, 0.25) is 0 Å². The molecule has 0 bridgehead atoms. The summed E-state index contributed by atoms with van der Waals surface area (Å²) in [5.41, 5.74) is 0.546. The first-order valence-electron chi connectivity index (χ1n) is 10.6. The Hall–Kier alpha value is -1.05. The van der Waals surface area contributed by atoms with Crippen LogP contribution < -0.4 is 10.6 Å². The van der Waals surface area contributed by atoms with Gasteiger partial charge in [-0.2, -0.15) is 11.8 Å². The van der Waals surface area contributed by atoms with E-state index in [1.54, 1.807) is 17.8 Å². The van der Waals surface area contributed by atoms with Gasteiger partial charge in [0.15, 0.2) is 0 Å². The number of carbonyl (C=O) groups excluding carboxylic acids is 2. The standard InChI is InChI=1S/C22H34BrN3O2S/c1-17-8-7-14-26(16-17)13-6-5-12-24-22(28)20(11-15-29-2)25-21(27)18-9-3-4-10-19(18)23/h3-4,9-10,17,20H,5-8,11-16H2,1-2H3,(H,24,28)(H,25,27). The molecule has 5 nitrogen and oxygen atoms in total. The second-order valence-corrected chi connectivity index (χ2v) is 9.67. The van der Waals surface area contributed by atoms with Crippen molar-refractivity contribution in [2.24, 2.45) is 5.92 Å². The van der Waals surface area contributed by atoms with Crippen LogP contribution in [0.3, 0.4) is 0 Å². The van der Waals surface area contributed by atoms with E-state index in [2.05, 4.69) is 38.4 Å². The van der Waals surface area contributed by atoms with Gasteiger partial charge >= 0.3 is 0 Å². The average Bonchev–Trinajstić information content (AvgIpc) is 2.71. The van der Waals surface area contributed by atoms with Gasteiger partial charge in [-0.05, 0) is 91.2 Å². The first kappa shape index (κ1) is 24.2. The number of nitrogens with one attached hydrogen (secondary N) is 2. The molecule has 1 fully saturated rings. The molecule has 2 N–H and O–H groups in total. The molecule has 2 rings (SSSR count). The first-order valence-corrected chi connectivity index (χ1v) is 12.7. The van der Waals surface area contributed by atoms with Gasteiger partial charge in [0.2, 0.25) is 5.91 Å². The highest BCUT2D eigenvalue weighted by Crippen LogP contribution is 2.17. The lowest BCUT2D eigenvalue weighted by Crippen LogP contribution is -2.47. The molecule has 2 atom stereocenters. The fourth-order valence-corrected chi connectivity index (χ4v) is 4.61. The zero-order chi connectivity index (χ0) is 21.1. The molecule has 1 saturated heterocycles. The summed E-state index contributed by atoms with van der Waals surface area (Å²) in [4.78, 5) is 27.8. The predicted octanol–water partition coefficient (Wildman–Crippen LogP) is 3.93. The summed E-state index contributed by atoms with van der Waals surface area (Å²) in [5, 5.41) is 5.92. The average molecular weight is 485 g/mol. The van der Waals surface area contributed by atoms with Crippen LogP contribution in [-0.4, -0.2) is 60.9 Å². The van der Waals surface area contributed by atoms with Crippen molar-refractivity contribution in [3.05, 3.63) is 34.3 Å². The van der Waals surface area contributed by atoms with Gasteiger partial charge in [0.25, 0.3) is 5.91 Å². The summed E-state index contributed by atoms with van der Waals surface area (Å²) in [5.74, 6) is 1.31. The molecule has 0 aromatic heterocycles. The third-order valence-electron chi connectivity index (χ3n) is 5.29. The number of hydrogen-bond donors (Lipinski definition) is 2. The Labute approximate surface area is 187 Å². The van der Waals surface area contributed by atoms with Crippen molar-refractivity contribution in [1.82, 2.24) is 15.5 Å². The summed E-state index contributed by atoms with van der Waals surface area (Å²) in [6.45, 7) is 6.49. The fourth-order valence-electron chi connectivity index (χ4n) is 3.67. The molecule has 1 aliphatic heterocycles. The quantitative estimate of drug-likeness (QED) is 0.468. The first-order chi connectivity index (χ1) is 14.0. The van der Waals surface area contributed by atoms with Crippen molar-refractivity contribution in [2.75, 3.05) is 38.2 Å². The summed E-state index contributed by atoms with van der Waals surface area (Å²) >= 11 is 5.08. The van der Waals surface area contributed by atoms with E-state index in [4.69, 9.17) is 0 Å². The van der Waals surface area contributed by atoms with Crippen molar-refractivity contribution < 1.29 is 9.59 Å². The van der Waals surface area contributed by atoms with Gasteiger partial charge in [0.1, 0.15) is 6.04 Å². The molecule has 0 aliphatic carbocycles. The number of amides is 2. The van der Waals surface area contributed by atoms with Gasteiger partial charge in [0, 0.05) is 17.6 Å². The van der Waals surface area contributed by atoms with E-state index in [1.165, 1.54) is 25.9 Å². The summed E-state index contributed by atoms with van der Waals surface area (Å²) in [6, 6.07) is 6.76. The number of likely N-dealkylation sites (tertiary alicyclic amines) is 1. The monoisotopic (exact) mass is 483 g/mol. The van der Waals surface area contributed by atoms with E-state index in [-0.39, 0.29) is 11.8 Å². The zero-order valence-corrected chi connectivity index (χ0v) is 20.0. The van der Waals surface area contributed by atoms with Crippen molar-refractivity contribution in [1.29, 1.82) is 0 Å². The minimum atomic E-state index is -0.509. The Bertz CT molecular complexity index is 659. The second kappa shape index (κ2) is 13.3. The van der Waals surface area contributed by atoms with Gasteiger partial charge < -0.3 is 15.5 Å². The number of piperidine rings is 1. The third kappa shape index (κ3) is 8.69. The number of carbonyl (C=O) groups is 2. The maximum atomic E-state index is 12.7. The maximum Gasteiger partial charge on any atom is 0.253 e. The SMILES string of the molecule is CSCCC(NC(=O)c1ccccc1Br)C(=O)NCCCCN1CCCC(C)C1. The Morgan fingerprint density at radius 1 is 1.31 bits per heavy atom. The van der Waals surface area contributed by atoms with Crippen LogP contribution in [0.4, 0.5) is 0 Å². The lowest BCUT2D eigenvalue weighted by Gasteiger charge is -2.30. The smallest absolute Gasteiger partial charge is 0.253 e. The fraction of sp³-hybridized carbons (Fsp3) is 0.636. The van der Waals surface area contributed by atoms with E-state index >= 15 is 0 Å². The molecule has 0 radical (unpaired) electrons. The largest absolute Gasteiger partial charge is 0.354 e. The van der Waals surface area contributed by atoms with Crippen LogP contribution in [0.1, 0.15) is 49.4 Å². The highest BCUT2D eigenvalue weighted by Gasteiger charge is 2.22. The minimum absolute atomic E-state index is 0.0916. The Balaban J connectivity index is 1.76. The van der Waals surface area contributed by atoms with E-state index in [0.717, 1.165) is 35.5 Å². The van der Waals surface area contributed by atoms with Gasteiger partial charge in [-0.25, -0.2) is 0 Å². The van der Waals surface area contributed by atoms with E-state index in [0.29, 0.717) is 18.5 Å². The lowest BCUT2D eigenvalue weighted by molar-refractivity contribution is -0.123. The molecule has 1 heterocycles. The van der Waals surface area contributed by atoms with Crippen molar-refractivity contribution >= 4 is 39.5 Å². The van der Waals surface area contributed by atoms with Crippen molar-refractivity contribution in [2.45, 2.75) is 45.1 Å². The van der Waals surface area contributed by atoms with E-state index < -0.39 is 6.04 Å². The summed E-state index contributed by atoms with van der Waals surface area (Å²) in [7, 11) is 0. The third-order valence-corrected chi connectivity index (χ3v) is 6.63. The molecule has 1 aliphatic rings. The maximum absolute atomic E-state index is 12.7. The Kier molecular flexibility index (Phi) is 11.1. The lowest BCUT2D eigenvalue weighted by atomic mass is 10.0.